The third kappa shape index (κ3) is 2.57. The first-order chi connectivity index (χ1) is 10.4. The maximum absolute atomic E-state index is 14.5. The average Bonchev–Trinajstić information content (AvgIpc) is 2.50. The van der Waals surface area contributed by atoms with Crippen molar-refractivity contribution in [2.45, 2.75) is 13.8 Å². The number of aromatic nitrogens is 2. The molecule has 7 heteroatoms. The van der Waals surface area contributed by atoms with Gasteiger partial charge in [-0.3, -0.25) is 0 Å². The van der Waals surface area contributed by atoms with Crippen molar-refractivity contribution in [2.24, 2.45) is 0 Å². The molecule has 0 radical (unpaired) electrons. The number of carbonyl (C=O) groups excluding carboxylic acids is 1. The van der Waals surface area contributed by atoms with Crippen LogP contribution in [-0.4, -0.2) is 30.2 Å². The lowest BCUT2D eigenvalue weighted by molar-refractivity contribution is 0.0593. The number of esters is 1. The van der Waals surface area contributed by atoms with Crippen molar-refractivity contribution in [1.29, 1.82) is 0 Å². The number of aryl methyl sites for hydroxylation is 1. The van der Waals surface area contributed by atoms with Crippen LogP contribution in [-0.2, 0) is 4.74 Å². The zero-order chi connectivity index (χ0) is 16.4. The van der Waals surface area contributed by atoms with Crippen LogP contribution in [0.5, 0.6) is 5.75 Å². The number of nitrogen functional groups attached to an aromatic ring is 1. The molecule has 22 heavy (non-hydrogen) atoms. The van der Waals surface area contributed by atoms with E-state index in [0.717, 1.165) is 0 Å². The summed E-state index contributed by atoms with van der Waals surface area (Å²) in [6.45, 7) is 3.31. The molecule has 0 unspecified atom stereocenters. The molecule has 0 saturated heterocycles. The van der Waals surface area contributed by atoms with Gasteiger partial charge >= 0.3 is 5.97 Å². The number of anilines is 1. The molecule has 0 bridgehead atoms. The molecule has 1 aromatic carbocycles. The van der Waals surface area contributed by atoms with E-state index < -0.39 is 11.8 Å². The van der Waals surface area contributed by atoms with Crippen LogP contribution in [0, 0.1) is 19.7 Å². The molecular formula is C15H16FN3O3. The van der Waals surface area contributed by atoms with Gasteiger partial charge in [0.25, 0.3) is 0 Å². The Morgan fingerprint density at radius 1 is 1.23 bits per heavy atom. The predicted octanol–water partition coefficient (Wildman–Crippen LogP) is 2.28. The van der Waals surface area contributed by atoms with Crippen LogP contribution in [0.15, 0.2) is 12.1 Å². The second-order valence-electron chi connectivity index (χ2n) is 4.67. The van der Waals surface area contributed by atoms with Gasteiger partial charge in [-0.25, -0.2) is 19.2 Å². The van der Waals surface area contributed by atoms with Crippen molar-refractivity contribution in [3.63, 3.8) is 0 Å². The summed E-state index contributed by atoms with van der Waals surface area (Å²) >= 11 is 0. The maximum atomic E-state index is 14.5. The minimum absolute atomic E-state index is 0.000648. The second-order valence-corrected chi connectivity index (χ2v) is 4.67. The lowest BCUT2D eigenvalue weighted by Crippen LogP contribution is -2.12. The number of nitrogens with two attached hydrogens (primary N) is 1. The second kappa shape index (κ2) is 5.97. The third-order valence-corrected chi connectivity index (χ3v) is 3.30. The monoisotopic (exact) mass is 305 g/mol. The Balaban J connectivity index is 2.69. The number of ether oxygens (including phenoxy) is 2. The topological polar surface area (TPSA) is 87.3 Å². The van der Waals surface area contributed by atoms with Crippen molar-refractivity contribution < 1.29 is 18.7 Å². The van der Waals surface area contributed by atoms with Crippen LogP contribution in [0.3, 0.4) is 0 Å². The van der Waals surface area contributed by atoms with Gasteiger partial charge in [0.1, 0.15) is 5.82 Å². The fourth-order valence-corrected chi connectivity index (χ4v) is 2.03. The number of hydrogen-bond donors (Lipinski definition) is 1. The van der Waals surface area contributed by atoms with Gasteiger partial charge in [-0.2, -0.15) is 0 Å². The van der Waals surface area contributed by atoms with E-state index in [-0.39, 0.29) is 28.6 Å². The summed E-state index contributed by atoms with van der Waals surface area (Å²) in [4.78, 5) is 19.9. The molecule has 0 atom stereocenters. The van der Waals surface area contributed by atoms with Crippen LogP contribution in [0.4, 0.5) is 10.2 Å². The maximum Gasteiger partial charge on any atom is 0.357 e. The molecule has 0 saturated carbocycles. The average molecular weight is 305 g/mol. The lowest BCUT2D eigenvalue weighted by Gasteiger charge is -2.12. The van der Waals surface area contributed by atoms with E-state index >= 15 is 0 Å². The number of methoxy groups -OCH3 is 2. The Kier molecular flexibility index (Phi) is 4.25. The van der Waals surface area contributed by atoms with Gasteiger partial charge in [-0.15, -0.1) is 0 Å². The lowest BCUT2D eigenvalue weighted by atomic mass is 10.1. The zero-order valence-corrected chi connectivity index (χ0v) is 12.7. The van der Waals surface area contributed by atoms with E-state index in [9.17, 15) is 9.18 Å². The van der Waals surface area contributed by atoms with E-state index in [1.54, 1.807) is 19.9 Å². The summed E-state index contributed by atoms with van der Waals surface area (Å²) in [5.41, 5.74) is 6.91. The number of hydrogen-bond acceptors (Lipinski definition) is 6. The van der Waals surface area contributed by atoms with E-state index in [4.69, 9.17) is 10.5 Å². The molecule has 2 N–H and O–H groups in total. The summed E-state index contributed by atoms with van der Waals surface area (Å²) in [7, 11) is 2.61. The molecule has 116 valence electrons. The van der Waals surface area contributed by atoms with Gasteiger partial charge in [0.15, 0.2) is 23.1 Å². The smallest absolute Gasteiger partial charge is 0.357 e. The molecule has 0 aliphatic heterocycles. The van der Waals surface area contributed by atoms with Crippen molar-refractivity contribution in [2.75, 3.05) is 20.0 Å². The minimum atomic E-state index is -0.660. The van der Waals surface area contributed by atoms with Gasteiger partial charge < -0.3 is 15.2 Å². The van der Waals surface area contributed by atoms with Crippen molar-refractivity contribution in [1.82, 2.24) is 9.97 Å². The molecule has 2 rings (SSSR count). The highest BCUT2D eigenvalue weighted by molar-refractivity contribution is 5.90. The first-order valence-corrected chi connectivity index (χ1v) is 6.46. The number of nitrogens with zero attached hydrogens (tertiary/aromatic N) is 2. The van der Waals surface area contributed by atoms with Gasteiger partial charge in [-0.1, -0.05) is 6.07 Å². The summed E-state index contributed by atoms with van der Waals surface area (Å²) in [5, 5.41) is 0. The molecule has 0 amide bonds. The molecule has 6 nitrogen and oxygen atoms in total. The van der Waals surface area contributed by atoms with Crippen LogP contribution >= 0.6 is 0 Å². The predicted molar refractivity (Wildman–Crippen MR) is 79.2 cm³/mol. The minimum Gasteiger partial charge on any atom is -0.493 e. The number of halogens is 1. The molecule has 1 aromatic heterocycles. The molecule has 0 aliphatic rings. The summed E-state index contributed by atoms with van der Waals surface area (Å²) in [6.07, 6.45) is 0. The van der Waals surface area contributed by atoms with Crippen molar-refractivity contribution in [3.05, 3.63) is 34.8 Å². The fraction of sp³-hybridized carbons (Fsp3) is 0.267. The van der Waals surface area contributed by atoms with E-state index in [1.165, 1.54) is 20.3 Å². The van der Waals surface area contributed by atoms with E-state index in [0.29, 0.717) is 11.1 Å². The quantitative estimate of drug-likeness (QED) is 0.875. The SMILES string of the molecule is COC(=O)c1nc(-c2ccc(C)c(OC)c2F)nc(N)c1C. The van der Waals surface area contributed by atoms with Crippen LogP contribution in [0.1, 0.15) is 21.6 Å². The molecule has 1 heterocycles. The number of carbonyl (C=O) groups is 1. The zero-order valence-electron chi connectivity index (χ0n) is 12.7. The summed E-state index contributed by atoms with van der Waals surface area (Å²) in [6, 6.07) is 3.19. The first-order valence-electron chi connectivity index (χ1n) is 6.46. The van der Waals surface area contributed by atoms with Crippen LogP contribution < -0.4 is 10.5 Å². The van der Waals surface area contributed by atoms with Crippen LogP contribution in [0.25, 0.3) is 11.4 Å². The van der Waals surface area contributed by atoms with Gasteiger partial charge in [0, 0.05) is 5.56 Å². The highest BCUT2D eigenvalue weighted by Crippen LogP contribution is 2.31. The summed E-state index contributed by atoms with van der Waals surface area (Å²) in [5.74, 6) is -1.09. The van der Waals surface area contributed by atoms with E-state index in [1.807, 2.05) is 0 Å². The van der Waals surface area contributed by atoms with Crippen molar-refractivity contribution in [3.8, 4) is 17.1 Å². The van der Waals surface area contributed by atoms with Gasteiger partial charge in [-0.05, 0) is 25.5 Å². The fourth-order valence-electron chi connectivity index (χ4n) is 2.03. The van der Waals surface area contributed by atoms with Gasteiger partial charge in [0.2, 0.25) is 0 Å². The highest BCUT2D eigenvalue weighted by Gasteiger charge is 2.20. The molecule has 0 spiro atoms. The first kappa shape index (κ1) is 15.7. The number of benzene rings is 1. The Morgan fingerprint density at radius 3 is 2.50 bits per heavy atom. The van der Waals surface area contributed by atoms with Crippen molar-refractivity contribution >= 4 is 11.8 Å². The van der Waals surface area contributed by atoms with Gasteiger partial charge in [0.05, 0.1) is 19.8 Å². The highest BCUT2D eigenvalue weighted by atomic mass is 19.1. The Bertz CT molecular complexity index is 747. The van der Waals surface area contributed by atoms with E-state index in [2.05, 4.69) is 14.7 Å². The molecular weight excluding hydrogens is 289 g/mol. The standard InChI is InChI=1S/C15H16FN3O3/c1-7-5-6-9(10(16)12(7)21-3)14-18-11(15(20)22-4)8(2)13(17)19-14/h5-6H,1-4H3,(H2,17,18,19). The molecule has 2 aromatic rings. The Hall–Kier alpha value is -2.70. The third-order valence-electron chi connectivity index (χ3n) is 3.30. The molecule has 0 aliphatic carbocycles. The summed E-state index contributed by atoms with van der Waals surface area (Å²) < 4.78 is 24.2. The van der Waals surface area contributed by atoms with Crippen LogP contribution in [0.2, 0.25) is 0 Å². The number of rotatable bonds is 3. The molecule has 0 fully saturated rings. The largest absolute Gasteiger partial charge is 0.493 e. The Morgan fingerprint density at radius 2 is 1.91 bits per heavy atom. The Labute approximate surface area is 127 Å². The normalized spacial score (nSPS) is 10.4.